The molecule has 1 aliphatic carbocycles. The monoisotopic (exact) mass is 301 g/mol. The van der Waals surface area contributed by atoms with Gasteiger partial charge < -0.3 is 9.47 Å². The smallest absolute Gasteiger partial charge is 0.308 e. The molecule has 0 aromatic heterocycles. The third-order valence-electron chi connectivity index (χ3n) is 4.56. The van der Waals surface area contributed by atoms with E-state index in [0.717, 1.165) is 0 Å². The van der Waals surface area contributed by atoms with Gasteiger partial charge in [-0.3, -0.25) is 14.4 Å². The van der Waals surface area contributed by atoms with Crippen molar-refractivity contribution in [3.8, 4) is 5.75 Å². The first-order chi connectivity index (χ1) is 10.5. The lowest BCUT2D eigenvalue weighted by Gasteiger charge is -2.16. The van der Waals surface area contributed by atoms with E-state index in [1.54, 1.807) is 24.3 Å². The quantitative estimate of drug-likeness (QED) is 0.356. The summed E-state index contributed by atoms with van der Waals surface area (Å²) in [4.78, 5) is 37.4. The molecule has 0 spiro atoms. The molecule has 6 nitrogen and oxygen atoms in total. The zero-order valence-electron chi connectivity index (χ0n) is 12.0. The molecule has 4 rings (SSSR count). The van der Waals surface area contributed by atoms with Crippen molar-refractivity contribution in [1.29, 1.82) is 0 Å². The van der Waals surface area contributed by atoms with Gasteiger partial charge in [-0.25, -0.2) is 4.90 Å². The summed E-state index contributed by atoms with van der Waals surface area (Å²) >= 11 is 0. The van der Waals surface area contributed by atoms with Crippen LogP contribution in [0.4, 0.5) is 5.69 Å². The molecule has 0 radical (unpaired) electrons. The van der Waals surface area contributed by atoms with Gasteiger partial charge in [0.05, 0.1) is 29.7 Å². The third kappa shape index (κ3) is 2.02. The molecule has 4 atom stereocenters. The lowest BCUT2D eigenvalue weighted by molar-refractivity contribution is -0.132. The number of benzene rings is 1. The first-order valence-corrected chi connectivity index (χ1v) is 7.36. The predicted molar refractivity (Wildman–Crippen MR) is 75.1 cm³/mol. The fourth-order valence-electron chi connectivity index (χ4n) is 3.52. The molecule has 1 aromatic carbocycles. The van der Waals surface area contributed by atoms with Crippen LogP contribution in [0.25, 0.3) is 0 Å². The number of nitrogens with zero attached hydrogens (tertiary/aromatic N) is 1. The summed E-state index contributed by atoms with van der Waals surface area (Å²) in [6, 6.07) is 6.51. The highest BCUT2D eigenvalue weighted by Gasteiger charge is 2.58. The van der Waals surface area contributed by atoms with Gasteiger partial charge in [0, 0.05) is 13.0 Å². The van der Waals surface area contributed by atoms with Crippen LogP contribution < -0.4 is 9.64 Å². The number of epoxide rings is 1. The number of fused-ring (bicyclic) bond motifs is 2. The number of anilines is 1. The van der Waals surface area contributed by atoms with E-state index in [1.165, 1.54) is 11.8 Å². The lowest BCUT2D eigenvalue weighted by atomic mass is 9.81. The Morgan fingerprint density at radius 1 is 1.18 bits per heavy atom. The Kier molecular flexibility index (Phi) is 2.84. The van der Waals surface area contributed by atoms with E-state index in [4.69, 9.17) is 9.47 Å². The SMILES string of the molecule is CC(=O)Oc1cccc(N2C(=O)C3CC4OC4CC3C2=O)c1. The molecule has 6 heteroatoms. The van der Waals surface area contributed by atoms with E-state index in [0.29, 0.717) is 24.3 Å². The van der Waals surface area contributed by atoms with Crippen LogP contribution in [0.2, 0.25) is 0 Å². The molecule has 0 N–H and O–H groups in total. The Labute approximate surface area is 127 Å². The molecular weight excluding hydrogens is 286 g/mol. The number of amides is 2. The largest absolute Gasteiger partial charge is 0.427 e. The van der Waals surface area contributed by atoms with Gasteiger partial charge in [0.2, 0.25) is 11.8 Å². The molecule has 2 amide bonds. The molecule has 4 unspecified atom stereocenters. The molecule has 1 saturated carbocycles. The molecule has 0 bridgehead atoms. The Bertz CT molecular complexity index is 657. The summed E-state index contributed by atoms with van der Waals surface area (Å²) in [7, 11) is 0. The van der Waals surface area contributed by atoms with Gasteiger partial charge in [-0.15, -0.1) is 0 Å². The molecule has 2 saturated heterocycles. The molecule has 114 valence electrons. The van der Waals surface area contributed by atoms with Crippen LogP contribution in [0.1, 0.15) is 19.8 Å². The van der Waals surface area contributed by atoms with Crippen molar-refractivity contribution in [3.05, 3.63) is 24.3 Å². The van der Waals surface area contributed by atoms with Gasteiger partial charge in [0.1, 0.15) is 5.75 Å². The zero-order chi connectivity index (χ0) is 15.4. The van der Waals surface area contributed by atoms with Crippen molar-refractivity contribution in [2.75, 3.05) is 4.90 Å². The molecule has 1 aromatic rings. The summed E-state index contributed by atoms with van der Waals surface area (Å²) < 4.78 is 10.5. The number of ether oxygens (including phenoxy) is 2. The molecule has 3 aliphatic rings. The van der Waals surface area contributed by atoms with E-state index in [1.807, 2.05) is 0 Å². The molecule has 2 aliphatic heterocycles. The normalized spacial score (nSPS) is 32.5. The lowest BCUT2D eigenvalue weighted by Crippen LogP contribution is -2.31. The Morgan fingerprint density at radius 2 is 1.82 bits per heavy atom. The summed E-state index contributed by atoms with van der Waals surface area (Å²) in [5, 5.41) is 0. The van der Waals surface area contributed by atoms with E-state index < -0.39 is 5.97 Å². The first kappa shape index (κ1) is 13.5. The van der Waals surface area contributed by atoms with E-state index in [2.05, 4.69) is 0 Å². The van der Waals surface area contributed by atoms with Gasteiger partial charge in [0.25, 0.3) is 0 Å². The molecule has 22 heavy (non-hydrogen) atoms. The summed E-state index contributed by atoms with van der Waals surface area (Å²) in [5.41, 5.74) is 0.456. The van der Waals surface area contributed by atoms with Gasteiger partial charge in [-0.1, -0.05) is 6.07 Å². The summed E-state index contributed by atoms with van der Waals surface area (Å²) in [5.74, 6) is -1.04. The van der Waals surface area contributed by atoms with Crippen molar-refractivity contribution in [2.24, 2.45) is 11.8 Å². The summed E-state index contributed by atoms with van der Waals surface area (Å²) in [6.07, 6.45) is 1.54. The van der Waals surface area contributed by atoms with Gasteiger partial charge in [-0.2, -0.15) is 0 Å². The van der Waals surface area contributed by atoms with Crippen molar-refractivity contribution >= 4 is 23.5 Å². The number of carbonyl (C=O) groups excluding carboxylic acids is 3. The van der Waals surface area contributed by atoms with Gasteiger partial charge >= 0.3 is 5.97 Å². The number of imide groups is 1. The zero-order valence-corrected chi connectivity index (χ0v) is 12.0. The maximum atomic E-state index is 12.6. The van der Waals surface area contributed by atoms with Crippen LogP contribution in [0.5, 0.6) is 5.75 Å². The van der Waals surface area contributed by atoms with Crippen molar-refractivity contribution in [2.45, 2.75) is 32.0 Å². The van der Waals surface area contributed by atoms with Crippen molar-refractivity contribution in [1.82, 2.24) is 0 Å². The average Bonchev–Trinajstić information content (AvgIpc) is 3.19. The predicted octanol–water partition coefficient (Wildman–Crippen LogP) is 1.28. The second-order valence-electron chi connectivity index (χ2n) is 6.00. The molecule has 2 heterocycles. The van der Waals surface area contributed by atoms with Crippen molar-refractivity contribution < 1.29 is 23.9 Å². The average molecular weight is 301 g/mol. The van der Waals surface area contributed by atoms with Crippen LogP contribution in [-0.4, -0.2) is 30.0 Å². The second kappa shape index (κ2) is 4.64. The Morgan fingerprint density at radius 3 is 2.41 bits per heavy atom. The second-order valence-corrected chi connectivity index (χ2v) is 6.00. The minimum atomic E-state index is -0.442. The van der Waals surface area contributed by atoms with Crippen LogP contribution in [0.15, 0.2) is 24.3 Å². The van der Waals surface area contributed by atoms with Crippen molar-refractivity contribution in [3.63, 3.8) is 0 Å². The highest BCUT2D eigenvalue weighted by atomic mass is 16.6. The number of hydrogen-bond donors (Lipinski definition) is 0. The van der Waals surface area contributed by atoms with Crippen LogP contribution >= 0.6 is 0 Å². The highest BCUT2D eigenvalue weighted by molar-refractivity contribution is 6.22. The Hall–Kier alpha value is -2.21. The van der Waals surface area contributed by atoms with E-state index >= 15 is 0 Å². The minimum Gasteiger partial charge on any atom is -0.427 e. The van der Waals surface area contributed by atoms with Crippen LogP contribution in [0, 0.1) is 11.8 Å². The minimum absolute atomic E-state index is 0.144. The molecule has 3 fully saturated rings. The fraction of sp³-hybridized carbons (Fsp3) is 0.438. The Balaban J connectivity index is 1.63. The highest BCUT2D eigenvalue weighted by Crippen LogP contribution is 2.48. The standard InChI is InChI=1S/C16H15NO5/c1-8(18)21-10-4-2-3-9(5-10)17-15(19)11-6-13-14(22-13)7-12(11)16(17)20/h2-5,11-14H,6-7H2,1H3. The maximum Gasteiger partial charge on any atom is 0.308 e. The maximum absolute atomic E-state index is 12.6. The van der Waals surface area contributed by atoms with Gasteiger partial charge in [-0.05, 0) is 25.0 Å². The van der Waals surface area contributed by atoms with E-state index in [-0.39, 0.29) is 35.9 Å². The number of hydrogen-bond acceptors (Lipinski definition) is 5. The summed E-state index contributed by atoms with van der Waals surface area (Å²) in [6.45, 7) is 1.31. The topological polar surface area (TPSA) is 76.2 Å². The van der Waals surface area contributed by atoms with Crippen LogP contribution in [-0.2, 0) is 19.1 Å². The number of rotatable bonds is 2. The van der Waals surface area contributed by atoms with Gasteiger partial charge in [0.15, 0.2) is 0 Å². The number of carbonyl (C=O) groups is 3. The van der Waals surface area contributed by atoms with E-state index in [9.17, 15) is 14.4 Å². The fourth-order valence-corrected chi connectivity index (χ4v) is 3.52. The van der Waals surface area contributed by atoms with Crippen LogP contribution in [0.3, 0.4) is 0 Å². The number of esters is 1. The molecular formula is C16H15NO5. The third-order valence-corrected chi connectivity index (χ3v) is 4.56. The first-order valence-electron chi connectivity index (χ1n) is 7.36.